The lowest BCUT2D eigenvalue weighted by atomic mass is 10.2. The van der Waals surface area contributed by atoms with Crippen LogP contribution in [0.3, 0.4) is 0 Å². The first-order valence-corrected chi connectivity index (χ1v) is 3.35. The number of hydrogen-bond donors (Lipinski definition) is 2. The van der Waals surface area contributed by atoms with Crippen molar-refractivity contribution >= 4 is 12.0 Å². The van der Waals surface area contributed by atoms with Crippen molar-refractivity contribution in [3.8, 4) is 0 Å². The monoisotopic (exact) mass is 149 g/mol. The summed E-state index contributed by atoms with van der Waals surface area (Å²) in [5.74, 6) is 5.43. The van der Waals surface area contributed by atoms with Crippen LogP contribution in [-0.4, -0.2) is 6.34 Å². The molecule has 0 aliphatic carbocycles. The molecule has 3 nitrogen and oxygen atoms in total. The molecule has 0 aliphatic rings. The molecule has 58 valence electrons. The van der Waals surface area contributed by atoms with E-state index in [0.29, 0.717) is 0 Å². The van der Waals surface area contributed by atoms with Crippen molar-refractivity contribution in [1.82, 2.24) is 0 Å². The van der Waals surface area contributed by atoms with Crippen LogP contribution in [-0.2, 0) is 0 Å². The number of hydrogen-bond acceptors (Lipinski definition) is 2. The van der Waals surface area contributed by atoms with Gasteiger partial charge in [-0.3, -0.25) is 10.4 Å². The molecule has 0 amide bonds. The molecule has 0 heterocycles. The SMILES string of the molecule is Cc1ccc(N(N)C=N)cc1. The van der Waals surface area contributed by atoms with Crippen LogP contribution >= 0.6 is 0 Å². The first-order valence-electron chi connectivity index (χ1n) is 3.35. The summed E-state index contributed by atoms with van der Waals surface area (Å²) in [6.07, 6.45) is 1.07. The Bertz CT molecular complexity index is 240. The van der Waals surface area contributed by atoms with Crippen molar-refractivity contribution < 1.29 is 0 Å². The third-order valence-corrected chi connectivity index (χ3v) is 1.47. The fourth-order valence-corrected chi connectivity index (χ4v) is 0.791. The van der Waals surface area contributed by atoms with E-state index in [1.54, 1.807) is 0 Å². The van der Waals surface area contributed by atoms with Crippen LogP contribution in [0.25, 0.3) is 0 Å². The molecule has 1 aromatic rings. The molecule has 0 saturated heterocycles. The highest BCUT2D eigenvalue weighted by Crippen LogP contribution is 2.09. The number of rotatable bonds is 2. The molecular formula is C8H11N3. The number of nitrogens with two attached hydrogens (primary N) is 1. The smallest absolute Gasteiger partial charge is 0.101 e. The van der Waals surface area contributed by atoms with E-state index in [1.807, 2.05) is 31.2 Å². The van der Waals surface area contributed by atoms with Crippen LogP contribution in [0, 0.1) is 12.3 Å². The van der Waals surface area contributed by atoms with Crippen LogP contribution in [0.2, 0.25) is 0 Å². The van der Waals surface area contributed by atoms with Crippen molar-refractivity contribution in [2.24, 2.45) is 5.84 Å². The Labute approximate surface area is 65.9 Å². The average Bonchev–Trinajstić information content (AvgIpc) is 2.05. The van der Waals surface area contributed by atoms with Crippen LogP contribution in [0.4, 0.5) is 5.69 Å². The van der Waals surface area contributed by atoms with E-state index >= 15 is 0 Å². The molecule has 0 atom stereocenters. The third-order valence-electron chi connectivity index (χ3n) is 1.47. The Morgan fingerprint density at radius 3 is 2.36 bits per heavy atom. The highest BCUT2D eigenvalue weighted by atomic mass is 15.4. The quantitative estimate of drug-likeness (QED) is 0.288. The maximum atomic E-state index is 6.88. The zero-order valence-electron chi connectivity index (χ0n) is 6.41. The maximum absolute atomic E-state index is 6.88. The Balaban J connectivity index is 2.89. The number of nitrogens with one attached hydrogen (secondary N) is 1. The molecule has 0 saturated carbocycles. The molecule has 3 N–H and O–H groups in total. The summed E-state index contributed by atoms with van der Waals surface area (Å²) in [5.41, 5.74) is 2.01. The Morgan fingerprint density at radius 1 is 1.36 bits per heavy atom. The topological polar surface area (TPSA) is 53.1 Å². The minimum absolute atomic E-state index is 0.825. The first-order chi connectivity index (χ1) is 5.24. The van der Waals surface area contributed by atoms with Gasteiger partial charge in [0.15, 0.2) is 0 Å². The molecule has 0 aromatic heterocycles. The van der Waals surface area contributed by atoms with Crippen LogP contribution in [0.1, 0.15) is 5.56 Å². The zero-order valence-corrected chi connectivity index (χ0v) is 6.41. The maximum Gasteiger partial charge on any atom is 0.101 e. The molecule has 0 spiro atoms. The number of anilines is 1. The van der Waals surface area contributed by atoms with Crippen LogP contribution < -0.4 is 10.9 Å². The second kappa shape index (κ2) is 3.16. The van der Waals surface area contributed by atoms with E-state index in [4.69, 9.17) is 11.3 Å². The van der Waals surface area contributed by atoms with Gasteiger partial charge < -0.3 is 0 Å². The van der Waals surface area contributed by atoms with E-state index in [0.717, 1.165) is 12.0 Å². The van der Waals surface area contributed by atoms with Gasteiger partial charge >= 0.3 is 0 Å². The van der Waals surface area contributed by atoms with Crippen molar-refractivity contribution in [2.75, 3.05) is 5.01 Å². The average molecular weight is 149 g/mol. The summed E-state index contributed by atoms with van der Waals surface area (Å²) in [6.45, 7) is 2.01. The summed E-state index contributed by atoms with van der Waals surface area (Å²) in [4.78, 5) is 0. The summed E-state index contributed by atoms with van der Waals surface area (Å²) in [5, 5.41) is 8.14. The Morgan fingerprint density at radius 2 is 1.91 bits per heavy atom. The van der Waals surface area contributed by atoms with E-state index in [2.05, 4.69) is 0 Å². The highest BCUT2D eigenvalue weighted by molar-refractivity contribution is 5.74. The molecule has 0 bridgehead atoms. The number of nitrogens with zero attached hydrogens (tertiary/aromatic N) is 1. The van der Waals surface area contributed by atoms with Gasteiger partial charge in [0.1, 0.15) is 6.34 Å². The fourth-order valence-electron chi connectivity index (χ4n) is 0.791. The molecule has 11 heavy (non-hydrogen) atoms. The second-order valence-electron chi connectivity index (χ2n) is 2.37. The van der Waals surface area contributed by atoms with E-state index in [-0.39, 0.29) is 0 Å². The molecule has 0 aliphatic heterocycles. The normalized spacial score (nSPS) is 9.27. The molecule has 1 rings (SSSR count). The third kappa shape index (κ3) is 1.78. The first kappa shape index (κ1) is 7.75. The minimum atomic E-state index is 0.825. The fraction of sp³-hybridized carbons (Fsp3) is 0.125. The molecule has 0 unspecified atom stereocenters. The second-order valence-corrected chi connectivity index (χ2v) is 2.37. The predicted octanol–water partition coefficient (Wildman–Crippen LogP) is 1.28. The standard InChI is InChI=1S/C8H11N3/c1-7-2-4-8(5-3-7)11(10)6-9/h2-6,9H,10H2,1H3. The number of hydrazine groups is 1. The summed E-state index contributed by atoms with van der Waals surface area (Å²) >= 11 is 0. The van der Waals surface area contributed by atoms with Gasteiger partial charge in [-0.1, -0.05) is 17.7 Å². The van der Waals surface area contributed by atoms with E-state index < -0.39 is 0 Å². The van der Waals surface area contributed by atoms with Crippen molar-refractivity contribution in [3.63, 3.8) is 0 Å². The highest BCUT2D eigenvalue weighted by Gasteiger charge is 1.94. The molecule has 3 heteroatoms. The van der Waals surface area contributed by atoms with Crippen LogP contribution in [0.5, 0.6) is 0 Å². The van der Waals surface area contributed by atoms with E-state index in [9.17, 15) is 0 Å². The van der Waals surface area contributed by atoms with Gasteiger partial charge in [-0.25, -0.2) is 5.84 Å². The lowest BCUT2D eigenvalue weighted by Gasteiger charge is -2.10. The summed E-state index contributed by atoms with van der Waals surface area (Å²) in [6, 6.07) is 7.66. The van der Waals surface area contributed by atoms with Crippen molar-refractivity contribution in [2.45, 2.75) is 6.92 Å². The Hall–Kier alpha value is -1.35. The van der Waals surface area contributed by atoms with Crippen molar-refractivity contribution in [3.05, 3.63) is 29.8 Å². The molecule has 1 aromatic carbocycles. The lowest BCUT2D eigenvalue weighted by Crippen LogP contribution is -2.28. The molecule has 0 fully saturated rings. The van der Waals surface area contributed by atoms with Gasteiger partial charge in [0.2, 0.25) is 0 Å². The summed E-state index contributed by atoms with van der Waals surface area (Å²) in [7, 11) is 0. The lowest BCUT2D eigenvalue weighted by molar-refractivity contribution is 1.14. The van der Waals surface area contributed by atoms with E-state index in [1.165, 1.54) is 10.6 Å². The molecular weight excluding hydrogens is 138 g/mol. The van der Waals surface area contributed by atoms with Gasteiger partial charge in [0.25, 0.3) is 0 Å². The van der Waals surface area contributed by atoms with Gasteiger partial charge in [-0.2, -0.15) is 0 Å². The largest absolute Gasteiger partial charge is 0.290 e. The van der Waals surface area contributed by atoms with Gasteiger partial charge in [0.05, 0.1) is 5.69 Å². The number of aryl methyl sites for hydroxylation is 1. The minimum Gasteiger partial charge on any atom is -0.290 e. The van der Waals surface area contributed by atoms with Crippen LogP contribution in [0.15, 0.2) is 24.3 Å². The van der Waals surface area contributed by atoms with Gasteiger partial charge in [-0.15, -0.1) is 0 Å². The van der Waals surface area contributed by atoms with Crippen molar-refractivity contribution in [1.29, 1.82) is 5.41 Å². The zero-order chi connectivity index (χ0) is 8.27. The van der Waals surface area contributed by atoms with Gasteiger partial charge in [0, 0.05) is 0 Å². The van der Waals surface area contributed by atoms with Gasteiger partial charge in [-0.05, 0) is 19.1 Å². The Kier molecular flexibility index (Phi) is 2.23. The molecule has 0 radical (unpaired) electrons. The number of benzene rings is 1. The summed E-state index contributed by atoms with van der Waals surface area (Å²) < 4.78 is 0. The predicted molar refractivity (Wildman–Crippen MR) is 46.6 cm³/mol.